The molecule has 2 heterocycles. The molecule has 1 N–H and O–H groups in total. The molecule has 0 saturated carbocycles. The van der Waals surface area contributed by atoms with Crippen molar-refractivity contribution in [1.82, 2.24) is 14.9 Å². The van der Waals surface area contributed by atoms with Gasteiger partial charge in [0.15, 0.2) is 0 Å². The van der Waals surface area contributed by atoms with Gasteiger partial charge in [0.2, 0.25) is 5.91 Å². The van der Waals surface area contributed by atoms with E-state index in [0.717, 1.165) is 22.4 Å². The number of carbonyl (C=O) groups excluding carboxylic acids is 1. The molecule has 0 aliphatic heterocycles. The maximum atomic E-state index is 12.5. The molecule has 4 aromatic rings. The number of hydrogen-bond donors (Lipinski definition) is 1. The van der Waals surface area contributed by atoms with Crippen LogP contribution in [0.15, 0.2) is 71.4 Å². The van der Waals surface area contributed by atoms with E-state index in [1.807, 2.05) is 43.3 Å². The number of carbonyl (C=O) groups is 1. The minimum absolute atomic E-state index is 0.212. The Labute approximate surface area is 190 Å². The third-order valence-corrected chi connectivity index (χ3v) is 5.73. The molecule has 0 fully saturated rings. The number of fused-ring (bicyclic) bond motifs is 1. The number of hydrogen-bond acceptors (Lipinski definition) is 3. The predicted octanol–water partition coefficient (Wildman–Crippen LogP) is 6.27. The highest BCUT2D eigenvalue weighted by molar-refractivity contribution is 6.42. The summed E-state index contributed by atoms with van der Waals surface area (Å²) < 4.78 is 7.35. The number of halogens is 2. The number of nitrogens with zero attached hydrogens (tertiary/aromatic N) is 2. The molecule has 4 rings (SSSR count). The van der Waals surface area contributed by atoms with E-state index in [4.69, 9.17) is 32.6 Å². The molecule has 2 aromatic carbocycles. The molecule has 1 atom stereocenters. The summed E-state index contributed by atoms with van der Waals surface area (Å²) in [5.74, 6) is 1.20. The molecule has 1 amide bonds. The lowest BCUT2D eigenvalue weighted by molar-refractivity contribution is -0.117. The zero-order valence-corrected chi connectivity index (χ0v) is 18.4. The third-order valence-electron chi connectivity index (χ3n) is 4.99. The molecule has 0 aliphatic rings. The summed E-state index contributed by atoms with van der Waals surface area (Å²) in [4.78, 5) is 17.4. The van der Waals surface area contributed by atoms with Gasteiger partial charge in [0.05, 0.1) is 33.4 Å². The van der Waals surface area contributed by atoms with Crippen molar-refractivity contribution in [2.75, 3.05) is 0 Å². The van der Waals surface area contributed by atoms with Crippen molar-refractivity contribution in [3.8, 4) is 0 Å². The fourth-order valence-electron chi connectivity index (χ4n) is 3.46. The minimum atomic E-state index is -0.260. The van der Waals surface area contributed by atoms with E-state index < -0.39 is 0 Å². The van der Waals surface area contributed by atoms with Crippen LogP contribution in [0.2, 0.25) is 10.0 Å². The van der Waals surface area contributed by atoms with E-state index >= 15 is 0 Å². The van der Waals surface area contributed by atoms with E-state index in [1.54, 1.807) is 30.5 Å². The Morgan fingerprint density at radius 3 is 2.74 bits per heavy atom. The number of para-hydroxylation sites is 2. The molecule has 31 heavy (non-hydrogen) atoms. The molecular formula is C24H21Cl2N3O2. The number of amides is 1. The van der Waals surface area contributed by atoms with Crippen LogP contribution in [0, 0.1) is 0 Å². The Bertz CT molecular complexity index is 1230. The van der Waals surface area contributed by atoms with Gasteiger partial charge in [0.1, 0.15) is 11.6 Å². The molecule has 0 spiro atoms. The summed E-state index contributed by atoms with van der Waals surface area (Å²) in [5.41, 5.74) is 2.86. The molecule has 0 aliphatic carbocycles. The predicted molar refractivity (Wildman–Crippen MR) is 124 cm³/mol. The van der Waals surface area contributed by atoms with Crippen LogP contribution >= 0.6 is 23.2 Å². The molecule has 2 aromatic heterocycles. The van der Waals surface area contributed by atoms with Gasteiger partial charge in [-0.3, -0.25) is 4.79 Å². The molecule has 5 nitrogen and oxygen atoms in total. The summed E-state index contributed by atoms with van der Waals surface area (Å²) in [6, 6.07) is 16.8. The summed E-state index contributed by atoms with van der Waals surface area (Å²) >= 11 is 12.3. The van der Waals surface area contributed by atoms with Crippen molar-refractivity contribution in [3.63, 3.8) is 0 Å². The average Bonchev–Trinajstić information content (AvgIpc) is 3.41. The van der Waals surface area contributed by atoms with Crippen molar-refractivity contribution in [3.05, 3.63) is 94.1 Å². The molecule has 1 unspecified atom stereocenters. The largest absolute Gasteiger partial charge is 0.465 e. The number of aromatic nitrogens is 2. The molecule has 0 radical (unpaired) electrons. The van der Waals surface area contributed by atoms with Crippen molar-refractivity contribution >= 4 is 46.2 Å². The van der Waals surface area contributed by atoms with Gasteiger partial charge < -0.3 is 14.3 Å². The number of benzene rings is 2. The van der Waals surface area contributed by atoms with E-state index in [9.17, 15) is 4.79 Å². The highest BCUT2D eigenvalue weighted by Crippen LogP contribution is 2.27. The number of rotatable bonds is 7. The Kier molecular flexibility index (Phi) is 6.44. The minimum Gasteiger partial charge on any atom is -0.465 e. The zero-order chi connectivity index (χ0) is 21.8. The second-order valence-corrected chi connectivity index (χ2v) is 7.93. The molecule has 0 saturated heterocycles. The average molecular weight is 454 g/mol. The number of imidazole rings is 1. The molecule has 0 bridgehead atoms. The monoisotopic (exact) mass is 453 g/mol. The topological polar surface area (TPSA) is 60.1 Å². The molecule has 7 heteroatoms. The van der Waals surface area contributed by atoms with Crippen molar-refractivity contribution < 1.29 is 9.21 Å². The maximum absolute atomic E-state index is 12.5. The SMILES string of the molecule is CCC(NC(=O)/C=C/c1ccco1)c1nc2ccccc2n1Cc1ccc(Cl)c(Cl)c1. The number of nitrogens with one attached hydrogen (secondary N) is 1. The molecular weight excluding hydrogens is 433 g/mol. The molecule has 158 valence electrons. The van der Waals surface area contributed by atoms with Gasteiger partial charge in [-0.05, 0) is 54.5 Å². The first-order chi connectivity index (χ1) is 15.0. The lowest BCUT2D eigenvalue weighted by atomic mass is 10.1. The van der Waals surface area contributed by atoms with Crippen LogP contribution in [-0.4, -0.2) is 15.5 Å². The van der Waals surface area contributed by atoms with Gasteiger partial charge in [-0.15, -0.1) is 0 Å². The lowest BCUT2D eigenvalue weighted by Crippen LogP contribution is -2.29. The summed E-state index contributed by atoms with van der Waals surface area (Å²) in [6.07, 6.45) is 5.36. The fraction of sp³-hybridized carbons (Fsp3) is 0.167. The van der Waals surface area contributed by atoms with Crippen LogP contribution in [0.4, 0.5) is 0 Å². The quantitative estimate of drug-likeness (QED) is 0.335. The van der Waals surface area contributed by atoms with Gasteiger partial charge in [-0.1, -0.05) is 48.3 Å². The lowest BCUT2D eigenvalue weighted by Gasteiger charge is -2.18. The summed E-state index contributed by atoms with van der Waals surface area (Å²) in [5, 5.41) is 4.08. The Morgan fingerprint density at radius 2 is 2.00 bits per heavy atom. The van der Waals surface area contributed by atoms with Gasteiger partial charge in [-0.25, -0.2) is 4.98 Å². The van der Waals surface area contributed by atoms with Crippen LogP contribution < -0.4 is 5.32 Å². The fourth-order valence-corrected chi connectivity index (χ4v) is 3.78. The van der Waals surface area contributed by atoms with Crippen LogP contribution in [0.3, 0.4) is 0 Å². The van der Waals surface area contributed by atoms with Crippen LogP contribution in [0.25, 0.3) is 17.1 Å². The van der Waals surface area contributed by atoms with Gasteiger partial charge in [0.25, 0.3) is 0 Å². The zero-order valence-electron chi connectivity index (χ0n) is 16.9. The van der Waals surface area contributed by atoms with Crippen molar-refractivity contribution in [2.45, 2.75) is 25.9 Å². The van der Waals surface area contributed by atoms with Gasteiger partial charge >= 0.3 is 0 Å². The highest BCUT2D eigenvalue weighted by atomic mass is 35.5. The summed E-state index contributed by atoms with van der Waals surface area (Å²) in [6.45, 7) is 2.57. The normalized spacial score (nSPS) is 12.5. The van der Waals surface area contributed by atoms with Gasteiger partial charge in [0, 0.05) is 12.6 Å². The first-order valence-corrected chi connectivity index (χ1v) is 10.7. The Morgan fingerprint density at radius 1 is 1.16 bits per heavy atom. The second-order valence-electron chi connectivity index (χ2n) is 7.11. The van der Waals surface area contributed by atoms with Crippen LogP contribution in [-0.2, 0) is 11.3 Å². The van der Waals surface area contributed by atoms with Crippen LogP contribution in [0.5, 0.6) is 0 Å². The van der Waals surface area contributed by atoms with E-state index in [1.165, 1.54) is 6.08 Å². The van der Waals surface area contributed by atoms with E-state index in [-0.39, 0.29) is 11.9 Å². The van der Waals surface area contributed by atoms with E-state index in [0.29, 0.717) is 28.8 Å². The smallest absolute Gasteiger partial charge is 0.244 e. The van der Waals surface area contributed by atoms with Crippen molar-refractivity contribution in [1.29, 1.82) is 0 Å². The first kappa shape index (κ1) is 21.2. The first-order valence-electron chi connectivity index (χ1n) is 9.96. The summed E-state index contributed by atoms with van der Waals surface area (Å²) in [7, 11) is 0. The Balaban J connectivity index is 1.65. The van der Waals surface area contributed by atoms with Crippen LogP contribution in [0.1, 0.15) is 36.5 Å². The highest BCUT2D eigenvalue weighted by Gasteiger charge is 2.20. The number of furan rings is 1. The van der Waals surface area contributed by atoms with E-state index in [2.05, 4.69) is 9.88 Å². The standard InChI is InChI=1S/C24H21Cl2N3O2/c1-2-20(27-23(30)12-10-17-6-5-13-31-17)24-28-21-7-3-4-8-22(21)29(24)15-16-9-11-18(25)19(26)14-16/h3-14,20H,2,15H2,1H3,(H,27,30)/b12-10+. The third kappa shape index (κ3) is 4.84. The van der Waals surface area contributed by atoms with Gasteiger partial charge in [-0.2, -0.15) is 0 Å². The maximum Gasteiger partial charge on any atom is 0.244 e. The second kappa shape index (κ2) is 9.41. The van der Waals surface area contributed by atoms with Crippen molar-refractivity contribution in [2.24, 2.45) is 0 Å². The Hall–Kier alpha value is -3.02.